The number of aromatic nitrogens is 2. The van der Waals surface area contributed by atoms with Crippen LogP contribution in [-0.2, 0) is 4.79 Å². The molecule has 1 saturated heterocycles. The van der Waals surface area contributed by atoms with Gasteiger partial charge in [-0.2, -0.15) is 10.2 Å². The van der Waals surface area contributed by atoms with Crippen molar-refractivity contribution in [3.63, 3.8) is 0 Å². The van der Waals surface area contributed by atoms with Crippen molar-refractivity contribution in [1.82, 2.24) is 14.7 Å². The van der Waals surface area contributed by atoms with Crippen LogP contribution in [0.25, 0.3) is 16.9 Å². The highest BCUT2D eigenvalue weighted by atomic mass is 32.2. The zero-order chi connectivity index (χ0) is 18.6. The zero-order valence-electron chi connectivity index (χ0n) is 14.7. The van der Waals surface area contributed by atoms with E-state index < -0.39 is 0 Å². The lowest BCUT2D eigenvalue weighted by Crippen LogP contribution is -2.24. The van der Waals surface area contributed by atoms with E-state index in [0.717, 1.165) is 22.5 Å². The van der Waals surface area contributed by atoms with Crippen molar-refractivity contribution in [2.75, 3.05) is 12.8 Å². The minimum Gasteiger partial charge on any atom is -0.292 e. The Hall–Kier alpha value is -3.19. The average molecular weight is 375 g/mol. The number of amides is 1. The van der Waals surface area contributed by atoms with E-state index in [4.69, 9.17) is 5.10 Å². The van der Waals surface area contributed by atoms with Gasteiger partial charge in [-0.3, -0.25) is 9.69 Å². The number of hydrogen-bond donors (Lipinski definition) is 0. The highest BCUT2D eigenvalue weighted by Gasteiger charge is 2.24. The van der Waals surface area contributed by atoms with Gasteiger partial charge in [0.05, 0.1) is 17.7 Å². The van der Waals surface area contributed by atoms with Crippen LogP contribution in [0.5, 0.6) is 0 Å². The number of nitrogens with zero attached hydrogens (tertiary/aromatic N) is 5. The van der Waals surface area contributed by atoms with E-state index in [9.17, 15) is 4.79 Å². The van der Waals surface area contributed by atoms with Crippen LogP contribution in [0.2, 0.25) is 0 Å². The third-order valence-electron chi connectivity index (χ3n) is 4.14. The molecular weight excluding hydrogens is 358 g/mol. The Morgan fingerprint density at radius 1 is 1.07 bits per heavy atom. The summed E-state index contributed by atoms with van der Waals surface area (Å²) >= 11 is 1.39. The number of thioether (sulfide) groups is 1. The number of carbonyl (C=O) groups excluding carboxylic acids is 1. The van der Waals surface area contributed by atoms with Crippen molar-refractivity contribution >= 4 is 29.1 Å². The lowest BCUT2D eigenvalue weighted by atomic mass is 10.1. The summed E-state index contributed by atoms with van der Waals surface area (Å²) in [7, 11) is 1.71. The van der Waals surface area contributed by atoms with Crippen LogP contribution < -0.4 is 0 Å². The molecule has 1 aliphatic heterocycles. The maximum Gasteiger partial charge on any atom is 0.238 e. The fourth-order valence-corrected chi connectivity index (χ4v) is 3.52. The largest absolute Gasteiger partial charge is 0.292 e. The van der Waals surface area contributed by atoms with Gasteiger partial charge in [-0.25, -0.2) is 4.68 Å². The first-order valence-corrected chi connectivity index (χ1v) is 9.42. The summed E-state index contributed by atoms with van der Waals surface area (Å²) in [6.07, 6.45) is 3.61. The van der Waals surface area contributed by atoms with Crippen LogP contribution in [0.3, 0.4) is 0 Å². The monoisotopic (exact) mass is 375 g/mol. The van der Waals surface area contributed by atoms with Gasteiger partial charge < -0.3 is 0 Å². The molecule has 134 valence electrons. The molecule has 0 radical (unpaired) electrons. The number of carbonyl (C=O) groups is 1. The van der Waals surface area contributed by atoms with Gasteiger partial charge in [0, 0.05) is 24.4 Å². The molecule has 0 aliphatic carbocycles. The standard InChI is InChI=1S/C20H17N5OS/c1-24-18(26)14-27-20(24)22-21-12-16-13-25(17-10-6-3-7-11-17)23-19(16)15-8-4-2-5-9-15/h2-13H,14H2,1H3/b21-12-,22-20-. The van der Waals surface area contributed by atoms with Crippen LogP contribution in [0, 0.1) is 0 Å². The SMILES string of the molecule is CN1C(=O)CS/C1=N\N=C/c1cn(-c2ccccc2)nc1-c1ccccc1. The lowest BCUT2D eigenvalue weighted by molar-refractivity contribution is -0.123. The van der Waals surface area contributed by atoms with Gasteiger partial charge in [-0.1, -0.05) is 60.3 Å². The van der Waals surface area contributed by atoms with Gasteiger partial charge in [0.25, 0.3) is 0 Å². The van der Waals surface area contributed by atoms with E-state index in [2.05, 4.69) is 10.2 Å². The quantitative estimate of drug-likeness (QED) is 0.518. The molecular formula is C20H17N5OS. The first-order valence-electron chi connectivity index (χ1n) is 8.43. The molecule has 1 amide bonds. The summed E-state index contributed by atoms with van der Waals surface area (Å²) in [5.41, 5.74) is 3.65. The fraction of sp³-hybridized carbons (Fsp3) is 0.100. The van der Waals surface area contributed by atoms with E-state index in [0.29, 0.717) is 10.9 Å². The molecule has 1 aliphatic rings. The summed E-state index contributed by atoms with van der Waals surface area (Å²) in [4.78, 5) is 13.1. The van der Waals surface area contributed by atoms with Crippen molar-refractivity contribution in [3.05, 3.63) is 72.4 Å². The van der Waals surface area contributed by atoms with E-state index in [-0.39, 0.29) is 5.91 Å². The van der Waals surface area contributed by atoms with Crippen LogP contribution in [-0.4, -0.2) is 44.8 Å². The van der Waals surface area contributed by atoms with Gasteiger partial charge in [0.2, 0.25) is 5.91 Å². The second-order valence-electron chi connectivity index (χ2n) is 5.95. The molecule has 6 nitrogen and oxygen atoms in total. The Morgan fingerprint density at radius 3 is 2.44 bits per heavy atom. The Balaban J connectivity index is 1.70. The second kappa shape index (κ2) is 7.59. The van der Waals surface area contributed by atoms with Crippen LogP contribution >= 0.6 is 11.8 Å². The van der Waals surface area contributed by atoms with Gasteiger partial charge >= 0.3 is 0 Å². The molecule has 7 heteroatoms. The van der Waals surface area contributed by atoms with Crippen LogP contribution in [0.15, 0.2) is 77.1 Å². The molecule has 0 spiro atoms. The molecule has 0 saturated carbocycles. The molecule has 2 aromatic carbocycles. The second-order valence-corrected chi connectivity index (χ2v) is 6.89. The van der Waals surface area contributed by atoms with Crippen molar-refractivity contribution < 1.29 is 4.79 Å². The van der Waals surface area contributed by atoms with Crippen molar-refractivity contribution in [1.29, 1.82) is 0 Å². The predicted molar refractivity (Wildman–Crippen MR) is 109 cm³/mol. The summed E-state index contributed by atoms with van der Waals surface area (Å²) in [6, 6.07) is 19.9. The zero-order valence-corrected chi connectivity index (χ0v) is 15.5. The third kappa shape index (κ3) is 3.68. The van der Waals surface area contributed by atoms with E-state index >= 15 is 0 Å². The third-order valence-corrected chi connectivity index (χ3v) is 5.14. The van der Waals surface area contributed by atoms with Crippen molar-refractivity contribution in [2.24, 2.45) is 10.2 Å². The van der Waals surface area contributed by atoms with Gasteiger partial charge in [0.15, 0.2) is 5.17 Å². The molecule has 0 unspecified atom stereocenters. The Morgan fingerprint density at radius 2 is 1.78 bits per heavy atom. The minimum atomic E-state index is 0.0378. The molecule has 0 N–H and O–H groups in total. The average Bonchev–Trinajstić information content (AvgIpc) is 3.28. The molecule has 1 fully saturated rings. The number of benzene rings is 2. The molecule has 2 heterocycles. The van der Waals surface area contributed by atoms with Gasteiger partial charge in [0.1, 0.15) is 5.69 Å². The molecule has 4 rings (SSSR count). The summed E-state index contributed by atoms with van der Waals surface area (Å²) in [6.45, 7) is 0. The predicted octanol–water partition coefficient (Wildman–Crippen LogP) is 3.43. The highest BCUT2D eigenvalue weighted by Crippen LogP contribution is 2.23. The summed E-state index contributed by atoms with van der Waals surface area (Å²) in [5, 5.41) is 13.7. The van der Waals surface area contributed by atoms with E-state index in [1.807, 2.05) is 71.5 Å². The Labute approximate surface area is 161 Å². The maximum absolute atomic E-state index is 11.6. The van der Waals surface area contributed by atoms with Crippen molar-refractivity contribution in [3.8, 4) is 16.9 Å². The summed E-state index contributed by atoms with van der Waals surface area (Å²) < 4.78 is 1.83. The normalized spacial score (nSPS) is 16.0. The van der Waals surface area contributed by atoms with Crippen molar-refractivity contribution in [2.45, 2.75) is 0 Å². The maximum atomic E-state index is 11.6. The number of rotatable bonds is 4. The van der Waals surface area contributed by atoms with Crippen LogP contribution in [0.4, 0.5) is 0 Å². The fourth-order valence-electron chi connectivity index (χ4n) is 2.68. The molecule has 3 aromatic rings. The lowest BCUT2D eigenvalue weighted by Gasteiger charge is -2.04. The number of para-hydroxylation sites is 1. The Kier molecular flexibility index (Phi) is 4.84. The first kappa shape index (κ1) is 17.2. The van der Waals surface area contributed by atoms with Gasteiger partial charge in [-0.05, 0) is 12.1 Å². The molecule has 0 bridgehead atoms. The molecule has 1 aromatic heterocycles. The number of amidine groups is 1. The van der Waals surface area contributed by atoms with Crippen LogP contribution in [0.1, 0.15) is 5.56 Å². The number of hydrogen-bond acceptors (Lipinski definition) is 5. The molecule has 27 heavy (non-hydrogen) atoms. The van der Waals surface area contributed by atoms with Gasteiger partial charge in [-0.15, -0.1) is 5.10 Å². The Bertz CT molecular complexity index is 1010. The summed E-state index contributed by atoms with van der Waals surface area (Å²) in [5.74, 6) is 0.447. The highest BCUT2D eigenvalue weighted by molar-refractivity contribution is 8.15. The van der Waals surface area contributed by atoms with E-state index in [1.54, 1.807) is 13.3 Å². The topological polar surface area (TPSA) is 62.9 Å². The van der Waals surface area contributed by atoms with E-state index in [1.165, 1.54) is 16.7 Å². The first-order chi connectivity index (χ1) is 13.2. The minimum absolute atomic E-state index is 0.0378. The molecule has 0 atom stereocenters. The smallest absolute Gasteiger partial charge is 0.238 e.